The van der Waals surface area contributed by atoms with E-state index in [1.165, 1.54) is 6.92 Å². The summed E-state index contributed by atoms with van der Waals surface area (Å²) in [6.45, 7) is 1.50. The fourth-order valence-electron chi connectivity index (χ4n) is 1.08. The van der Waals surface area contributed by atoms with Gasteiger partial charge in [0.05, 0.1) is 0 Å². The van der Waals surface area contributed by atoms with Crippen LogP contribution in [0, 0.1) is 0 Å². The molecule has 4 heteroatoms. The molecule has 0 fully saturated rings. The summed E-state index contributed by atoms with van der Waals surface area (Å²) in [7, 11) is 3.88. The molecule has 1 atom stereocenters. The lowest BCUT2D eigenvalue weighted by Crippen LogP contribution is -2.22. The molecule has 0 aliphatic carbocycles. The number of hydrogen-bond acceptors (Lipinski definition) is 3. The van der Waals surface area contributed by atoms with Gasteiger partial charge in [-0.15, -0.1) is 0 Å². The van der Waals surface area contributed by atoms with Gasteiger partial charge in [-0.1, -0.05) is 0 Å². The summed E-state index contributed by atoms with van der Waals surface area (Å²) in [6.07, 6.45) is -0.824. The van der Waals surface area contributed by atoms with Gasteiger partial charge >= 0.3 is 5.97 Å². The van der Waals surface area contributed by atoms with E-state index in [-0.39, 0.29) is 0 Å². The molecule has 0 radical (unpaired) electrons. The molecule has 0 aromatic heterocycles. The quantitative estimate of drug-likeness (QED) is 0.818. The predicted molar refractivity (Wildman–Crippen MR) is 58.5 cm³/mol. The first-order valence-corrected chi connectivity index (χ1v) is 4.67. The first kappa shape index (κ1) is 11.4. The number of benzene rings is 1. The van der Waals surface area contributed by atoms with Crippen molar-refractivity contribution in [1.29, 1.82) is 0 Å². The van der Waals surface area contributed by atoms with Gasteiger partial charge in [0.2, 0.25) is 0 Å². The maximum absolute atomic E-state index is 10.5. The molecule has 4 nitrogen and oxygen atoms in total. The summed E-state index contributed by atoms with van der Waals surface area (Å²) in [4.78, 5) is 12.5. The van der Waals surface area contributed by atoms with E-state index in [4.69, 9.17) is 9.84 Å². The summed E-state index contributed by atoms with van der Waals surface area (Å²) >= 11 is 0. The Kier molecular flexibility index (Phi) is 3.55. The minimum atomic E-state index is -0.966. The normalized spacial score (nSPS) is 11.9. The highest BCUT2D eigenvalue weighted by atomic mass is 16.5. The maximum Gasteiger partial charge on any atom is 0.344 e. The van der Waals surface area contributed by atoms with E-state index in [0.717, 1.165) is 5.69 Å². The number of rotatable bonds is 4. The van der Waals surface area contributed by atoms with Crippen LogP contribution in [0.2, 0.25) is 0 Å². The number of hydrogen-bond donors (Lipinski definition) is 1. The average Bonchev–Trinajstić information content (AvgIpc) is 2.18. The number of nitrogens with zero attached hydrogens (tertiary/aromatic N) is 1. The SMILES string of the molecule is CC(Oc1ccc(N(C)C)cc1)C(=O)O. The number of carboxylic acid groups (broad SMARTS) is 1. The van der Waals surface area contributed by atoms with Crippen LogP contribution in [0.4, 0.5) is 5.69 Å². The molecule has 0 saturated heterocycles. The number of carbonyl (C=O) groups is 1. The van der Waals surface area contributed by atoms with Crippen LogP contribution in [-0.4, -0.2) is 31.3 Å². The molecule has 1 rings (SSSR count). The van der Waals surface area contributed by atoms with Gasteiger partial charge in [-0.2, -0.15) is 0 Å². The third-order valence-corrected chi connectivity index (χ3v) is 2.01. The van der Waals surface area contributed by atoms with E-state index in [9.17, 15) is 4.79 Å². The van der Waals surface area contributed by atoms with Gasteiger partial charge in [0, 0.05) is 19.8 Å². The topological polar surface area (TPSA) is 49.8 Å². The van der Waals surface area contributed by atoms with Gasteiger partial charge in [0.15, 0.2) is 6.10 Å². The third kappa shape index (κ3) is 3.16. The van der Waals surface area contributed by atoms with Crippen LogP contribution in [0.15, 0.2) is 24.3 Å². The molecule has 0 amide bonds. The zero-order chi connectivity index (χ0) is 11.4. The van der Waals surface area contributed by atoms with Crippen LogP contribution in [0.25, 0.3) is 0 Å². The van der Waals surface area contributed by atoms with E-state index in [2.05, 4.69) is 0 Å². The lowest BCUT2D eigenvalue weighted by Gasteiger charge is -2.14. The van der Waals surface area contributed by atoms with Gasteiger partial charge in [0.25, 0.3) is 0 Å². The molecule has 15 heavy (non-hydrogen) atoms. The van der Waals surface area contributed by atoms with E-state index >= 15 is 0 Å². The number of ether oxygens (including phenoxy) is 1. The lowest BCUT2D eigenvalue weighted by atomic mass is 10.3. The van der Waals surface area contributed by atoms with E-state index in [0.29, 0.717) is 5.75 Å². The highest BCUT2D eigenvalue weighted by Crippen LogP contribution is 2.18. The van der Waals surface area contributed by atoms with Gasteiger partial charge in [0.1, 0.15) is 5.75 Å². The van der Waals surface area contributed by atoms with E-state index in [1.54, 1.807) is 12.1 Å². The molecule has 0 aliphatic rings. The van der Waals surface area contributed by atoms with Crippen molar-refractivity contribution in [3.05, 3.63) is 24.3 Å². The smallest absolute Gasteiger partial charge is 0.344 e. The van der Waals surface area contributed by atoms with Crippen molar-refractivity contribution in [1.82, 2.24) is 0 Å². The Morgan fingerprint density at radius 2 is 1.87 bits per heavy atom. The molecule has 1 unspecified atom stereocenters. The van der Waals surface area contributed by atoms with Crippen LogP contribution < -0.4 is 9.64 Å². The summed E-state index contributed by atoms with van der Waals surface area (Å²) < 4.78 is 5.19. The summed E-state index contributed by atoms with van der Waals surface area (Å²) in [5, 5.41) is 8.65. The van der Waals surface area contributed by atoms with Gasteiger partial charge in [-0.25, -0.2) is 4.79 Å². The highest BCUT2D eigenvalue weighted by Gasteiger charge is 2.11. The van der Waals surface area contributed by atoms with Crippen LogP contribution in [0.3, 0.4) is 0 Å². The van der Waals surface area contributed by atoms with Crippen molar-refractivity contribution in [2.24, 2.45) is 0 Å². The second-order valence-corrected chi connectivity index (χ2v) is 3.49. The first-order valence-electron chi connectivity index (χ1n) is 4.67. The van der Waals surface area contributed by atoms with Crippen molar-refractivity contribution in [2.45, 2.75) is 13.0 Å². The van der Waals surface area contributed by atoms with Crippen LogP contribution >= 0.6 is 0 Å². The fourth-order valence-corrected chi connectivity index (χ4v) is 1.08. The number of aliphatic carboxylic acids is 1. The number of carboxylic acids is 1. The Labute approximate surface area is 89.1 Å². The zero-order valence-corrected chi connectivity index (χ0v) is 9.10. The molecular weight excluding hydrogens is 194 g/mol. The van der Waals surface area contributed by atoms with Crippen molar-refractivity contribution in [3.63, 3.8) is 0 Å². The largest absolute Gasteiger partial charge is 0.479 e. The maximum atomic E-state index is 10.5. The molecule has 0 aliphatic heterocycles. The van der Waals surface area contributed by atoms with Gasteiger partial charge in [-0.05, 0) is 31.2 Å². The molecule has 0 spiro atoms. The molecule has 0 heterocycles. The molecule has 1 aromatic rings. The van der Waals surface area contributed by atoms with Crippen molar-refractivity contribution in [3.8, 4) is 5.75 Å². The standard InChI is InChI=1S/C11H15NO3/c1-8(11(13)14)15-10-6-4-9(5-7-10)12(2)3/h4-8H,1-3H3,(H,13,14). The fraction of sp³-hybridized carbons (Fsp3) is 0.364. The monoisotopic (exact) mass is 209 g/mol. The summed E-state index contributed by atoms with van der Waals surface area (Å²) in [6, 6.07) is 7.28. The van der Waals surface area contributed by atoms with Crippen molar-refractivity contribution in [2.75, 3.05) is 19.0 Å². The van der Waals surface area contributed by atoms with Gasteiger partial charge < -0.3 is 14.7 Å². The molecule has 0 saturated carbocycles. The molecule has 0 bridgehead atoms. The number of anilines is 1. The predicted octanol–water partition coefficient (Wildman–Crippen LogP) is 1.60. The third-order valence-electron chi connectivity index (χ3n) is 2.01. The molecule has 1 aromatic carbocycles. The van der Waals surface area contributed by atoms with Crippen molar-refractivity contribution < 1.29 is 14.6 Å². The van der Waals surface area contributed by atoms with Gasteiger partial charge in [-0.3, -0.25) is 0 Å². The molecular formula is C11H15NO3. The Morgan fingerprint density at radius 3 is 2.27 bits per heavy atom. The Hall–Kier alpha value is -1.71. The van der Waals surface area contributed by atoms with Crippen LogP contribution in [0.5, 0.6) is 5.75 Å². The Bertz CT molecular complexity index is 332. The second kappa shape index (κ2) is 4.68. The Balaban J connectivity index is 2.68. The molecule has 82 valence electrons. The minimum absolute atomic E-state index is 0.565. The summed E-state index contributed by atoms with van der Waals surface area (Å²) in [5.41, 5.74) is 1.05. The average molecular weight is 209 g/mol. The van der Waals surface area contributed by atoms with E-state index < -0.39 is 12.1 Å². The summed E-state index contributed by atoms with van der Waals surface area (Å²) in [5.74, 6) is -0.401. The highest BCUT2D eigenvalue weighted by molar-refractivity contribution is 5.72. The molecule has 1 N–H and O–H groups in total. The Morgan fingerprint density at radius 1 is 1.33 bits per heavy atom. The van der Waals surface area contributed by atoms with E-state index in [1.807, 2.05) is 31.1 Å². The second-order valence-electron chi connectivity index (χ2n) is 3.49. The van der Waals surface area contributed by atoms with Crippen LogP contribution in [-0.2, 0) is 4.79 Å². The van der Waals surface area contributed by atoms with Crippen molar-refractivity contribution >= 4 is 11.7 Å². The lowest BCUT2D eigenvalue weighted by molar-refractivity contribution is -0.144. The minimum Gasteiger partial charge on any atom is -0.479 e. The first-order chi connectivity index (χ1) is 7.00. The zero-order valence-electron chi connectivity index (χ0n) is 9.10. The van der Waals surface area contributed by atoms with Crippen LogP contribution in [0.1, 0.15) is 6.92 Å².